The molecule has 0 aromatic rings. The van der Waals surface area contributed by atoms with Crippen molar-refractivity contribution in [1.82, 2.24) is 15.1 Å². The van der Waals surface area contributed by atoms with E-state index in [-0.39, 0.29) is 18.9 Å². The molecule has 108 valence electrons. The lowest BCUT2D eigenvalue weighted by Gasteiger charge is -2.21. The zero-order chi connectivity index (χ0) is 14.0. The summed E-state index contributed by atoms with van der Waals surface area (Å²) in [5.41, 5.74) is 0. The number of halogens is 1. The van der Waals surface area contributed by atoms with E-state index in [4.69, 9.17) is 5.11 Å². The van der Waals surface area contributed by atoms with Crippen LogP contribution in [0.15, 0.2) is 0 Å². The first-order valence-electron chi connectivity index (χ1n) is 6.57. The first-order valence-corrected chi connectivity index (χ1v) is 6.57. The average Bonchev–Trinajstić information content (AvgIpc) is 2.92. The Hall–Kier alpha value is -1.37. The maximum Gasteiger partial charge on any atom is 0.408 e. The van der Waals surface area contributed by atoms with Crippen molar-refractivity contribution in [1.29, 1.82) is 0 Å². The molecule has 7 heteroatoms. The fourth-order valence-corrected chi connectivity index (χ4v) is 2.80. The van der Waals surface area contributed by atoms with E-state index < -0.39 is 18.3 Å². The largest absolute Gasteiger partial charge is 0.465 e. The number of carbonyl (C=O) groups is 2. The lowest BCUT2D eigenvalue weighted by Crippen LogP contribution is -2.46. The number of rotatable bonds is 3. The molecule has 0 radical (unpaired) electrons. The minimum Gasteiger partial charge on any atom is -0.465 e. The van der Waals surface area contributed by atoms with Crippen LogP contribution in [-0.2, 0) is 4.79 Å². The Bertz CT molecular complexity index is 366. The fraction of sp³-hybridized carbons (Fsp3) is 0.833. The van der Waals surface area contributed by atoms with Crippen LogP contribution < -0.4 is 5.32 Å². The van der Waals surface area contributed by atoms with Crippen molar-refractivity contribution in [3.63, 3.8) is 0 Å². The smallest absolute Gasteiger partial charge is 0.408 e. The molecule has 2 aliphatic heterocycles. The monoisotopic (exact) mass is 273 g/mol. The van der Waals surface area contributed by atoms with Crippen molar-refractivity contribution >= 4 is 12.0 Å². The van der Waals surface area contributed by atoms with Gasteiger partial charge in [0.1, 0.15) is 12.2 Å². The second-order valence-electron chi connectivity index (χ2n) is 5.45. The number of nitrogens with zero attached hydrogens (tertiary/aromatic N) is 2. The van der Waals surface area contributed by atoms with Gasteiger partial charge in [0.2, 0.25) is 5.91 Å². The van der Waals surface area contributed by atoms with E-state index in [1.807, 2.05) is 7.05 Å². The van der Waals surface area contributed by atoms with E-state index in [1.165, 1.54) is 0 Å². The molecular formula is C12H20FN3O3. The zero-order valence-corrected chi connectivity index (χ0v) is 11.0. The molecular weight excluding hydrogens is 253 g/mol. The molecule has 0 bridgehead atoms. The summed E-state index contributed by atoms with van der Waals surface area (Å²) in [6.45, 7) is 2.26. The Morgan fingerprint density at radius 1 is 1.42 bits per heavy atom. The molecule has 0 aromatic carbocycles. The van der Waals surface area contributed by atoms with Crippen LogP contribution in [0, 0.1) is 5.92 Å². The average molecular weight is 273 g/mol. The van der Waals surface area contributed by atoms with E-state index in [9.17, 15) is 14.0 Å². The van der Waals surface area contributed by atoms with Crippen molar-refractivity contribution in [3.05, 3.63) is 0 Å². The molecule has 2 heterocycles. The van der Waals surface area contributed by atoms with Gasteiger partial charge in [-0.3, -0.25) is 9.69 Å². The molecule has 0 spiro atoms. The Kier molecular flexibility index (Phi) is 4.24. The molecule has 6 nitrogen and oxygen atoms in total. The second kappa shape index (κ2) is 5.73. The summed E-state index contributed by atoms with van der Waals surface area (Å²) in [4.78, 5) is 26.0. The third-order valence-corrected chi connectivity index (χ3v) is 3.85. The third kappa shape index (κ3) is 3.34. The first kappa shape index (κ1) is 14.0. The van der Waals surface area contributed by atoms with Gasteiger partial charge in [0.15, 0.2) is 0 Å². The number of likely N-dealkylation sites (tertiary alicyclic amines) is 2. The molecule has 0 aromatic heterocycles. The van der Waals surface area contributed by atoms with Gasteiger partial charge in [-0.05, 0) is 25.9 Å². The van der Waals surface area contributed by atoms with E-state index in [0.29, 0.717) is 12.5 Å². The molecule has 3 atom stereocenters. The standard InChI is InChI=1S/C12H20FN3O3/c1-15-3-2-8(6-15)5-14-11(17)10-4-9(13)7-16(10)12(18)19/h8-10H,2-7H2,1H3,(H,14,17)(H,18,19)/t8-,9+,10-/m0/s1. The van der Waals surface area contributed by atoms with Crippen molar-refractivity contribution < 1.29 is 19.1 Å². The Morgan fingerprint density at radius 2 is 2.16 bits per heavy atom. The molecule has 2 fully saturated rings. The van der Waals surface area contributed by atoms with Crippen LogP contribution in [-0.4, -0.2) is 72.3 Å². The Labute approximate surface area is 111 Å². The summed E-state index contributed by atoms with van der Waals surface area (Å²) >= 11 is 0. The molecule has 0 unspecified atom stereocenters. The van der Waals surface area contributed by atoms with Crippen molar-refractivity contribution in [2.75, 3.05) is 33.2 Å². The molecule has 2 aliphatic rings. The highest BCUT2D eigenvalue weighted by Gasteiger charge is 2.40. The van der Waals surface area contributed by atoms with Gasteiger partial charge in [0, 0.05) is 19.5 Å². The van der Waals surface area contributed by atoms with Gasteiger partial charge >= 0.3 is 6.09 Å². The number of hydrogen-bond donors (Lipinski definition) is 2. The lowest BCUT2D eigenvalue weighted by atomic mass is 10.1. The number of carbonyl (C=O) groups excluding carboxylic acids is 1. The number of hydrogen-bond acceptors (Lipinski definition) is 3. The lowest BCUT2D eigenvalue weighted by molar-refractivity contribution is -0.125. The Balaban J connectivity index is 1.83. The minimum absolute atomic E-state index is 0.0390. The summed E-state index contributed by atoms with van der Waals surface area (Å²) in [5.74, 6) is 0.0203. The molecule has 2 rings (SSSR count). The normalized spacial score (nSPS) is 31.7. The van der Waals surface area contributed by atoms with E-state index in [0.717, 1.165) is 24.4 Å². The van der Waals surface area contributed by atoms with Crippen LogP contribution >= 0.6 is 0 Å². The molecule has 19 heavy (non-hydrogen) atoms. The molecule has 2 amide bonds. The highest BCUT2D eigenvalue weighted by atomic mass is 19.1. The van der Waals surface area contributed by atoms with Crippen molar-refractivity contribution in [2.24, 2.45) is 5.92 Å². The number of alkyl halides is 1. The van der Waals surface area contributed by atoms with Gasteiger partial charge in [0.05, 0.1) is 6.54 Å². The minimum atomic E-state index is -1.25. The van der Waals surface area contributed by atoms with Crippen LogP contribution in [0.25, 0.3) is 0 Å². The van der Waals surface area contributed by atoms with Gasteiger partial charge in [-0.2, -0.15) is 0 Å². The SMILES string of the molecule is CN1CC[C@@H](CNC(=O)[C@@H]2C[C@@H](F)CN2C(=O)O)C1. The predicted molar refractivity (Wildman–Crippen MR) is 66.6 cm³/mol. The fourth-order valence-electron chi connectivity index (χ4n) is 2.80. The van der Waals surface area contributed by atoms with Crippen LogP contribution in [0.4, 0.5) is 9.18 Å². The second-order valence-corrected chi connectivity index (χ2v) is 5.45. The van der Waals surface area contributed by atoms with Crippen LogP contribution in [0.3, 0.4) is 0 Å². The Morgan fingerprint density at radius 3 is 2.74 bits per heavy atom. The molecule has 2 N–H and O–H groups in total. The zero-order valence-electron chi connectivity index (χ0n) is 11.0. The van der Waals surface area contributed by atoms with Crippen LogP contribution in [0.5, 0.6) is 0 Å². The van der Waals surface area contributed by atoms with E-state index >= 15 is 0 Å². The number of nitrogens with one attached hydrogen (secondary N) is 1. The first-order chi connectivity index (χ1) is 8.97. The van der Waals surface area contributed by atoms with Gasteiger partial charge in [-0.1, -0.05) is 0 Å². The summed E-state index contributed by atoms with van der Waals surface area (Å²) in [6.07, 6.45) is -1.50. The topological polar surface area (TPSA) is 72.9 Å². The van der Waals surface area contributed by atoms with Gasteiger partial charge < -0.3 is 15.3 Å². The maximum atomic E-state index is 13.2. The van der Waals surface area contributed by atoms with Crippen molar-refractivity contribution in [2.45, 2.75) is 25.1 Å². The summed E-state index contributed by atoms with van der Waals surface area (Å²) < 4.78 is 13.2. The van der Waals surface area contributed by atoms with Gasteiger partial charge in [0.25, 0.3) is 0 Å². The molecule has 2 saturated heterocycles. The highest BCUT2D eigenvalue weighted by Crippen LogP contribution is 2.21. The summed E-state index contributed by atoms with van der Waals surface area (Å²) in [7, 11) is 2.03. The molecule has 0 aliphatic carbocycles. The number of carboxylic acid groups (broad SMARTS) is 1. The summed E-state index contributed by atoms with van der Waals surface area (Å²) in [6, 6.07) is -0.883. The third-order valence-electron chi connectivity index (χ3n) is 3.85. The van der Waals surface area contributed by atoms with Gasteiger partial charge in [-0.25, -0.2) is 9.18 Å². The van der Waals surface area contributed by atoms with Crippen LogP contribution in [0.2, 0.25) is 0 Å². The highest BCUT2D eigenvalue weighted by molar-refractivity contribution is 5.86. The predicted octanol–water partition coefficient (Wildman–Crippen LogP) is 0.145. The van der Waals surface area contributed by atoms with E-state index in [1.54, 1.807) is 0 Å². The maximum absolute atomic E-state index is 13.2. The summed E-state index contributed by atoms with van der Waals surface area (Å²) in [5, 5.41) is 11.7. The molecule has 0 saturated carbocycles. The van der Waals surface area contributed by atoms with Crippen LogP contribution in [0.1, 0.15) is 12.8 Å². The van der Waals surface area contributed by atoms with Crippen molar-refractivity contribution in [3.8, 4) is 0 Å². The quantitative estimate of drug-likeness (QED) is 0.767. The van der Waals surface area contributed by atoms with Gasteiger partial charge in [-0.15, -0.1) is 0 Å². The number of amides is 2. The van der Waals surface area contributed by atoms with E-state index in [2.05, 4.69) is 10.2 Å².